The van der Waals surface area contributed by atoms with Gasteiger partial charge in [-0.3, -0.25) is 0 Å². The van der Waals surface area contributed by atoms with Crippen molar-refractivity contribution in [3.05, 3.63) is 0 Å². The molecule has 0 saturated carbocycles. The van der Waals surface area contributed by atoms with Crippen LogP contribution >= 0.6 is 0 Å². The quantitative estimate of drug-likeness (QED) is 0.379. The fraction of sp³-hybridized carbons (Fsp3) is 1.00. The smallest absolute Gasteiger partial charge is 0.0941 e. The zero-order chi connectivity index (χ0) is 3.98. The van der Waals surface area contributed by atoms with Crippen molar-refractivity contribution in [1.82, 2.24) is 21.1 Å². The van der Waals surface area contributed by atoms with E-state index in [1.807, 2.05) is 10.2 Å². The molecule has 0 spiro atoms. The van der Waals surface area contributed by atoms with E-state index in [1.165, 1.54) is 0 Å². The van der Waals surface area contributed by atoms with Crippen LogP contribution < -0.4 is 10.9 Å². The second-order valence-corrected chi connectivity index (χ2v) is 1.43. The Labute approximate surface area is 35.6 Å². The van der Waals surface area contributed by atoms with Gasteiger partial charge in [0, 0.05) is 0 Å². The monoisotopic (exact) mass is 86.1 g/mol. The summed E-state index contributed by atoms with van der Waals surface area (Å²) in [6.07, 6.45) is 0. The van der Waals surface area contributed by atoms with Gasteiger partial charge in [-0.15, -0.1) is 10.2 Å². The van der Waals surface area contributed by atoms with Crippen molar-refractivity contribution in [2.75, 3.05) is 13.3 Å². The molecule has 2 aliphatic rings. The molecule has 2 unspecified atom stereocenters. The number of nitrogens with zero attached hydrogens (tertiary/aromatic N) is 2. The lowest BCUT2D eigenvalue weighted by atomic mass is 11.3. The topological polar surface area (TPSA) is 49.9 Å². The summed E-state index contributed by atoms with van der Waals surface area (Å²) in [5, 5.41) is 4.00. The number of hydrogen-bond acceptors (Lipinski definition) is 4. The maximum absolute atomic E-state index is 2.99. The molecule has 0 amide bonds. The van der Waals surface area contributed by atoms with E-state index in [0.29, 0.717) is 0 Å². The summed E-state index contributed by atoms with van der Waals surface area (Å²) in [5.74, 6) is 0. The Morgan fingerprint density at radius 1 is 1.00 bits per heavy atom. The van der Waals surface area contributed by atoms with Crippen LogP contribution in [0.25, 0.3) is 0 Å². The standard InChI is InChI=1S/C2H6N4/c1-3-5(1)6-2-4-6/h3-4H,1-2H2. The summed E-state index contributed by atoms with van der Waals surface area (Å²) in [4.78, 5) is 0. The van der Waals surface area contributed by atoms with Crippen LogP contribution in [0.3, 0.4) is 0 Å². The highest BCUT2D eigenvalue weighted by molar-refractivity contribution is 4.62. The lowest BCUT2D eigenvalue weighted by Crippen LogP contribution is -2.10. The van der Waals surface area contributed by atoms with Crippen molar-refractivity contribution in [1.29, 1.82) is 0 Å². The van der Waals surface area contributed by atoms with E-state index < -0.39 is 0 Å². The highest BCUT2D eigenvalue weighted by Gasteiger charge is 2.32. The van der Waals surface area contributed by atoms with Crippen molar-refractivity contribution >= 4 is 0 Å². The number of hydrogen-bond donors (Lipinski definition) is 2. The molecule has 6 heavy (non-hydrogen) atoms. The van der Waals surface area contributed by atoms with E-state index in [0.717, 1.165) is 13.3 Å². The molecule has 0 radical (unpaired) electrons. The van der Waals surface area contributed by atoms with Gasteiger partial charge in [0.05, 0.1) is 13.3 Å². The Morgan fingerprint density at radius 3 is 1.50 bits per heavy atom. The summed E-state index contributed by atoms with van der Waals surface area (Å²) >= 11 is 0. The fourth-order valence-corrected chi connectivity index (χ4v) is 0.405. The maximum Gasteiger partial charge on any atom is 0.0941 e. The first-order valence-electron chi connectivity index (χ1n) is 1.99. The molecule has 2 saturated heterocycles. The van der Waals surface area contributed by atoms with Gasteiger partial charge in [0.15, 0.2) is 0 Å². The van der Waals surface area contributed by atoms with Gasteiger partial charge in [-0.25, -0.2) is 10.9 Å². The highest BCUT2D eigenvalue weighted by atomic mass is 16.1. The van der Waals surface area contributed by atoms with Gasteiger partial charge in [0.1, 0.15) is 0 Å². The van der Waals surface area contributed by atoms with E-state index >= 15 is 0 Å². The molecule has 0 aliphatic carbocycles. The SMILES string of the molecule is C1NN1N1CN1. The lowest BCUT2D eigenvalue weighted by molar-refractivity contribution is 0.212. The molecule has 34 valence electrons. The van der Waals surface area contributed by atoms with Crippen LogP contribution in [0.2, 0.25) is 0 Å². The largest absolute Gasteiger partial charge is 0.222 e. The molecule has 2 aliphatic heterocycles. The van der Waals surface area contributed by atoms with E-state index in [2.05, 4.69) is 10.9 Å². The van der Waals surface area contributed by atoms with Gasteiger partial charge in [-0.2, -0.15) is 0 Å². The third-order valence-corrected chi connectivity index (χ3v) is 0.890. The average Bonchev–Trinajstić information content (AvgIpc) is 2.26. The number of rotatable bonds is 1. The Balaban J connectivity index is 1.92. The predicted octanol–water partition coefficient (Wildman–Crippen LogP) is -1.54. The minimum Gasteiger partial charge on any atom is -0.222 e. The Hall–Kier alpha value is -0.160. The third kappa shape index (κ3) is 0.320. The van der Waals surface area contributed by atoms with Crippen LogP contribution in [0.4, 0.5) is 0 Å². The van der Waals surface area contributed by atoms with Gasteiger partial charge in [0.25, 0.3) is 0 Å². The molecule has 0 aromatic heterocycles. The van der Waals surface area contributed by atoms with Gasteiger partial charge in [0.2, 0.25) is 0 Å². The molecule has 0 aromatic rings. The third-order valence-electron chi connectivity index (χ3n) is 0.890. The van der Waals surface area contributed by atoms with Crippen LogP contribution in [-0.2, 0) is 0 Å². The van der Waals surface area contributed by atoms with E-state index in [9.17, 15) is 0 Å². The molecule has 0 bridgehead atoms. The summed E-state index contributed by atoms with van der Waals surface area (Å²) in [5.41, 5.74) is 5.99. The average molecular weight is 86.1 g/mol. The molecule has 4 nitrogen and oxygen atoms in total. The van der Waals surface area contributed by atoms with E-state index in [4.69, 9.17) is 0 Å². The maximum atomic E-state index is 2.99. The van der Waals surface area contributed by atoms with Crippen LogP contribution in [0.5, 0.6) is 0 Å². The van der Waals surface area contributed by atoms with Crippen LogP contribution in [0, 0.1) is 0 Å². The van der Waals surface area contributed by atoms with E-state index in [1.54, 1.807) is 0 Å². The fourth-order valence-electron chi connectivity index (χ4n) is 0.405. The Kier molecular flexibility index (Phi) is 0.359. The van der Waals surface area contributed by atoms with Crippen molar-refractivity contribution in [3.63, 3.8) is 0 Å². The first kappa shape index (κ1) is 2.92. The second-order valence-electron chi connectivity index (χ2n) is 1.43. The van der Waals surface area contributed by atoms with Gasteiger partial charge >= 0.3 is 0 Å². The molecule has 2 rings (SSSR count). The second kappa shape index (κ2) is 0.737. The summed E-state index contributed by atoms with van der Waals surface area (Å²) < 4.78 is 0. The van der Waals surface area contributed by atoms with Crippen LogP contribution in [0.1, 0.15) is 0 Å². The van der Waals surface area contributed by atoms with Gasteiger partial charge in [-0.1, -0.05) is 0 Å². The van der Waals surface area contributed by atoms with Crippen LogP contribution in [0.15, 0.2) is 0 Å². The van der Waals surface area contributed by atoms with E-state index in [-0.39, 0.29) is 0 Å². The molecular weight excluding hydrogens is 80.0 g/mol. The van der Waals surface area contributed by atoms with Crippen LogP contribution in [-0.4, -0.2) is 23.6 Å². The molecule has 2 atom stereocenters. The zero-order valence-corrected chi connectivity index (χ0v) is 3.31. The predicted molar refractivity (Wildman–Crippen MR) is 19.7 cm³/mol. The normalized spacial score (nSPS) is 52.0. The van der Waals surface area contributed by atoms with Crippen molar-refractivity contribution < 1.29 is 0 Å². The molecule has 0 aromatic carbocycles. The lowest BCUT2D eigenvalue weighted by Gasteiger charge is -1.87. The van der Waals surface area contributed by atoms with Gasteiger partial charge in [-0.05, 0) is 0 Å². The summed E-state index contributed by atoms with van der Waals surface area (Å²) in [6.45, 7) is 2.01. The minimum atomic E-state index is 1.01. The molecule has 4 heteroatoms. The van der Waals surface area contributed by atoms with Crippen molar-refractivity contribution in [3.8, 4) is 0 Å². The number of nitrogens with one attached hydrogen (secondary N) is 2. The molecule has 2 N–H and O–H groups in total. The first-order valence-corrected chi connectivity index (χ1v) is 1.99. The first-order chi connectivity index (χ1) is 2.97. The molecular formula is C2H6N4. The van der Waals surface area contributed by atoms with Gasteiger partial charge < -0.3 is 0 Å². The minimum absolute atomic E-state index is 1.01. The molecule has 2 fully saturated rings. The van der Waals surface area contributed by atoms with Crippen molar-refractivity contribution in [2.45, 2.75) is 0 Å². The summed E-state index contributed by atoms with van der Waals surface area (Å²) in [7, 11) is 0. The highest BCUT2D eigenvalue weighted by Crippen LogP contribution is 2.04. The Bertz CT molecular complexity index is 53.9. The Morgan fingerprint density at radius 2 is 1.33 bits per heavy atom. The zero-order valence-electron chi connectivity index (χ0n) is 3.31. The summed E-state index contributed by atoms with van der Waals surface area (Å²) in [6, 6.07) is 0. The molecule has 2 heterocycles. The van der Waals surface area contributed by atoms with Crippen molar-refractivity contribution in [2.24, 2.45) is 0 Å². The number of hydrazine groups is 3.